The Kier molecular flexibility index (Phi) is 6.24. The van der Waals surface area contributed by atoms with Crippen molar-refractivity contribution in [2.45, 2.75) is 58.9 Å². The van der Waals surface area contributed by atoms with Crippen LogP contribution < -0.4 is 10.1 Å². The van der Waals surface area contributed by atoms with Crippen molar-refractivity contribution in [2.24, 2.45) is 5.41 Å². The Balaban J connectivity index is 1.79. The number of halogens is 1. The number of aryl methyl sites for hydroxylation is 1. The number of carbonyl (C=O) groups excluding carboxylic acids is 1. The smallest absolute Gasteiger partial charge is 0.318 e. The van der Waals surface area contributed by atoms with Crippen molar-refractivity contribution in [1.29, 1.82) is 0 Å². The minimum Gasteiger partial charge on any atom is -0.425 e. The first kappa shape index (κ1) is 21.7. The molecular formula is C25H30ClN3O2. The zero-order valence-electron chi connectivity index (χ0n) is 18.5. The van der Waals surface area contributed by atoms with Gasteiger partial charge in [-0.05, 0) is 63.4 Å². The summed E-state index contributed by atoms with van der Waals surface area (Å²) in [6, 6.07) is 12.2. The van der Waals surface area contributed by atoms with Crippen molar-refractivity contribution in [2.75, 3.05) is 11.2 Å². The van der Waals surface area contributed by atoms with Crippen molar-refractivity contribution in [3.63, 3.8) is 0 Å². The predicted molar refractivity (Wildman–Crippen MR) is 126 cm³/mol. The molecule has 1 aromatic carbocycles. The van der Waals surface area contributed by atoms with Gasteiger partial charge in [0.05, 0.1) is 5.41 Å². The molecule has 0 bridgehead atoms. The van der Waals surface area contributed by atoms with Crippen LogP contribution in [0.25, 0.3) is 16.9 Å². The summed E-state index contributed by atoms with van der Waals surface area (Å²) in [5, 5.41) is 3.75. The molecule has 0 amide bonds. The van der Waals surface area contributed by atoms with E-state index in [1.54, 1.807) is 13.8 Å². The number of fused-ring (bicyclic) bond motifs is 1. The number of carbonyl (C=O) groups is 1. The van der Waals surface area contributed by atoms with E-state index in [-0.39, 0.29) is 11.8 Å². The number of benzene rings is 1. The molecule has 0 saturated heterocycles. The van der Waals surface area contributed by atoms with Gasteiger partial charge in [-0.1, -0.05) is 31.4 Å². The molecule has 164 valence electrons. The van der Waals surface area contributed by atoms with Gasteiger partial charge in [-0.25, -0.2) is 4.98 Å². The monoisotopic (exact) mass is 439 g/mol. The Morgan fingerprint density at radius 3 is 2.71 bits per heavy atom. The van der Waals surface area contributed by atoms with Crippen molar-refractivity contribution in [1.82, 2.24) is 9.38 Å². The quantitative estimate of drug-likeness (QED) is 0.281. The van der Waals surface area contributed by atoms with Crippen LogP contribution in [0.5, 0.6) is 5.75 Å². The third kappa shape index (κ3) is 4.57. The zero-order valence-corrected chi connectivity index (χ0v) is 19.2. The van der Waals surface area contributed by atoms with Gasteiger partial charge in [0.15, 0.2) is 0 Å². The van der Waals surface area contributed by atoms with Gasteiger partial charge in [0.1, 0.15) is 22.9 Å². The molecule has 3 aromatic rings. The van der Waals surface area contributed by atoms with Crippen LogP contribution in [0.2, 0.25) is 0 Å². The standard InChI is InChI=1S/C25H30ClN3O2/c1-17-13-14-29-21(15-17)28-22(23(29)27-18-9-5-4-6-10-18)19-11-7-8-12-20(19)31-24(30)25(2,3)16-26/h7-8,11-15,18,27H,4-6,9-10,16H2,1-3H3. The number of pyridine rings is 1. The molecule has 1 fully saturated rings. The molecule has 1 N–H and O–H groups in total. The maximum atomic E-state index is 12.7. The number of ether oxygens (including phenoxy) is 1. The van der Waals surface area contributed by atoms with Gasteiger partial charge in [-0.15, -0.1) is 11.6 Å². The number of para-hydroxylation sites is 1. The number of aromatic nitrogens is 2. The Morgan fingerprint density at radius 2 is 1.97 bits per heavy atom. The molecule has 0 atom stereocenters. The van der Waals surface area contributed by atoms with Crippen LogP contribution in [0.4, 0.5) is 5.82 Å². The van der Waals surface area contributed by atoms with Crippen molar-refractivity contribution >= 4 is 29.0 Å². The Morgan fingerprint density at radius 1 is 1.23 bits per heavy atom. The van der Waals surface area contributed by atoms with E-state index in [2.05, 4.69) is 35.0 Å². The summed E-state index contributed by atoms with van der Waals surface area (Å²) < 4.78 is 7.92. The van der Waals surface area contributed by atoms with Crippen LogP contribution in [-0.4, -0.2) is 27.3 Å². The number of hydrogen-bond donors (Lipinski definition) is 1. The summed E-state index contributed by atoms with van der Waals surface area (Å²) in [4.78, 5) is 17.7. The van der Waals surface area contributed by atoms with Crippen LogP contribution in [0.3, 0.4) is 0 Å². The number of nitrogens with one attached hydrogen (secondary N) is 1. The molecule has 2 aromatic heterocycles. The van der Waals surface area contributed by atoms with Gasteiger partial charge in [-0.2, -0.15) is 0 Å². The lowest BCUT2D eigenvalue weighted by atomic mass is 9.95. The van der Waals surface area contributed by atoms with E-state index in [4.69, 9.17) is 21.3 Å². The van der Waals surface area contributed by atoms with Gasteiger partial charge in [0.2, 0.25) is 0 Å². The topological polar surface area (TPSA) is 55.6 Å². The summed E-state index contributed by atoms with van der Waals surface area (Å²) in [5.74, 6) is 1.28. The molecule has 2 heterocycles. The Hall–Kier alpha value is -2.53. The molecule has 5 nitrogen and oxygen atoms in total. The van der Waals surface area contributed by atoms with E-state index >= 15 is 0 Å². The molecular weight excluding hydrogens is 410 g/mol. The minimum atomic E-state index is -0.770. The Labute approximate surface area is 188 Å². The molecule has 4 rings (SSSR count). The summed E-state index contributed by atoms with van der Waals surface area (Å²) in [7, 11) is 0. The van der Waals surface area contributed by atoms with Crippen LogP contribution in [0.15, 0.2) is 42.6 Å². The first-order chi connectivity index (χ1) is 14.9. The van der Waals surface area contributed by atoms with Crippen LogP contribution in [0, 0.1) is 12.3 Å². The number of rotatable bonds is 6. The molecule has 0 spiro atoms. The van der Waals surface area contributed by atoms with Gasteiger partial charge in [0, 0.05) is 23.7 Å². The van der Waals surface area contributed by atoms with Crippen LogP contribution >= 0.6 is 11.6 Å². The van der Waals surface area contributed by atoms with Crippen molar-refractivity contribution in [3.05, 3.63) is 48.2 Å². The molecule has 0 unspecified atom stereocenters. The fourth-order valence-corrected chi connectivity index (χ4v) is 4.07. The summed E-state index contributed by atoms with van der Waals surface area (Å²) >= 11 is 5.99. The number of hydrogen-bond acceptors (Lipinski definition) is 4. The highest BCUT2D eigenvalue weighted by Crippen LogP contribution is 2.37. The third-order valence-electron chi connectivity index (χ3n) is 5.96. The number of imidazole rings is 1. The fraction of sp³-hybridized carbons (Fsp3) is 0.440. The van der Waals surface area contributed by atoms with E-state index in [1.807, 2.05) is 24.3 Å². The molecule has 1 aliphatic rings. The normalized spacial score (nSPS) is 15.2. The average Bonchev–Trinajstić information content (AvgIpc) is 3.11. The Bertz CT molecular complexity index is 1080. The van der Waals surface area contributed by atoms with Gasteiger partial charge >= 0.3 is 5.97 Å². The maximum absolute atomic E-state index is 12.7. The highest BCUT2D eigenvalue weighted by Gasteiger charge is 2.30. The number of anilines is 1. The van der Waals surface area contributed by atoms with E-state index in [0.29, 0.717) is 11.8 Å². The summed E-state index contributed by atoms with van der Waals surface area (Å²) in [6.07, 6.45) is 8.14. The molecule has 1 saturated carbocycles. The highest BCUT2D eigenvalue weighted by atomic mass is 35.5. The highest BCUT2D eigenvalue weighted by molar-refractivity contribution is 6.19. The van der Waals surface area contributed by atoms with Gasteiger partial charge < -0.3 is 10.1 Å². The fourth-order valence-electron chi connectivity index (χ4n) is 3.96. The van der Waals surface area contributed by atoms with Gasteiger partial charge in [0.25, 0.3) is 0 Å². The lowest BCUT2D eigenvalue weighted by Gasteiger charge is -2.24. The van der Waals surface area contributed by atoms with E-state index in [0.717, 1.165) is 41.1 Å². The van der Waals surface area contributed by atoms with Crippen LogP contribution in [-0.2, 0) is 4.79 Å². The van der Waals surface area contributed by atoms with Crippen LogP contribution in [0.1, 0.15) is 51.5 Å². The number of alkyl halides is 1. The molecule has 1 aliphatic carbocycles. The number of nitrogens with zero attached hydrogens (tertiary/aromatic N) is 2. The lowest BCUT2D eigenvalue weighted by molar-refractivity contribution is -0.142. The number of esters is 1. The summed E-state index contributed by atoms with van der Waals surface area (Å²) in [6.45, 7) is 5.63. The van der Waals surface area contributed by atoms with E-state index < -0.39 is 5.41 Å². The van der Waals surface area contributed by atoms with Crippen molar-refractivity contribution < 1.29 is 9.53 Å². The second-order valence-corrected chi connectivity index (χ2v) is 9.39. The second-order valence-electron chi connectivity index (χ2n) is 9.12. The largest absolute Gasteiger partial charge is 0.425 e. The van der Waals surface area contributed by atoms with E-state index in [1.165, 1.54) is 19.3 Å². The molecule has 6 heteroatoms. The first-order valence-corrected chi connectivity index (χ1v) is 11.6. The summed E-state index contributed by atoms with van der Waals surface area (Å²) in [5.41, 5.74) is 2.84. The van der Waals surface area contributed by atoms with Gasteiger partial charge in [-0.3, -0.25) is 9.20 Å². The SMILES string of the molecule is Cc1ccn2c(NC3CCCCC3)c(-c3ccccc3OC(=O)C(C)(C)CCl)nc2c1. The van der Waals surface area contributed by atoms with Crippen molar-refractivity contribution in [3.8, 4) is 17.0 Å². The zero-order chi connectivity index (χ0) is 22.0. The molecule has 0 radical (unpaired) electrons. The first-order valence-electron chi connectivity index (χ1n) is 11.0. The predicted octanol–water partition coefficient (Wildman–Crippen LogP) is 6.22. The lowest BCUT2D eigenvalue weighted by Crippen LogP contribution is -2.30. The molecule has 0 aliphatic heterocycles. The second kappa shape index (κ2) is 8.91. The molecule has 31 heavy (non-hydrogen) atoms. The maximum Gasteiger partial charge on any atom is 0.318 e. The van der Waals surface area contributed by atoms with E-state index in [9.17, 15) is 4.79 Å². The third-order valence-corrected chi connectivity index (χ3v) is 6.63. The minimum absolute atomic E-state index is 0.191. The average molecular weight is 440 g/mol.